The molecule has 0 aromatic carbocycles. The third kappa shape index (κ3) is 2.06. The van der Waals surface area contributed by atoms with E-state index in [-0.39, 0.29) is 16.9 Å². The van der Waals surface area contributed by atoms with Crippen molar-refractivity contribution in [3.8, 4) is 0 Å². The van der Waals surface area contributed by atoms with Crippen LogP contribution in [0.3, 0.4) is 0 Å². The van der Waals surface area contributed by atoms with Crippen molar-refractivity contribution in [3.63, 3.8) is 0 Å². The fourth-order valence-electron chi connectivity index (χ4n) is 1.40. The first-order chi connectivity index (χ1) is 7.58. The molecule has 0 unspecified atom stereocenters. The van der Waals surface area contributed by atoms with Crippen LogP contribution < -0.4 is 5.32 Å². The van der Waals surface area contributed by atoms with Gasteiger partial charge in [-0.2, -0.15) is 0 Å². The van der Waals surface area contributed by atoms with Crippen molar-refractivity contribution in [3.05, 3.63) is 34.3 Å². The molecule has 0 saturated carbocycles. The molecule has 2 amide bonds. The summed E-state index contributed by atoms with van der Waals surface area (Å²) in [6.07, 6.45) is 2.76. The predicted octanol–water partition coefficient (Wildman–Crippen LogP) is 2.72. The fraction of sp³-hybridized carbons (Fsp3) is 0.200. The van der Waals surface area contributed by atoms with Crippen LogP contribution in [-0.2, 0) is 4.79 Å². The summed E-state index contributed by atoms with van der Waals surface area (Å²) in [5, 5.41) is 1.49. The summed E-state index contributed by atoms with van der Waals surface area (Å²) in [5.74, 6) is -1.90. The second-order valence-corrected chi connectivity index (χ2v) is 4.28. The van der Waals surface area contributed by atoms with Gasteiger partial charge in [-0.25, -0.2) is 8.78 Å². The van der Waals surface area contributed by atoms with Crippen LogP contribution in [0.25, 0.3) is 0 Å². The van der Waals surface area contributed by atoms with E-state index in [0.717, 1.165) is 6.08 Å². The molecule has 1 saturated heterocycles. The minimum Gasteiger partial charge on any atom is -0.282 e. The van der Waals surface area contributed by atoms with Gasteiger partial charge in [-0.15, -0.1) is 0 Å². The Morgan fingerprint density at radius 2 is 2.12 bits per heavy atom. The molecule has 1 aliphatic heterocycles. The average molecular weight is 243 g/mol. The van der Waals surface area contributed by atoms with E-state index in [2.05, 4.69) is 0 Å². The van der Waals surface area contributed by atoms with Crippen LogP contribution in [0.2, 0.25) is 0 Å². The fourth-order valence-corrected chi connectivity index (χ4v) is 2.06. The number of imide groups is 1. The molecule has 1 fully saturated rings. The molecule has 0 bridgehead atoms. The summed E-state index contributed by atoms with van der Waals surface area (Å²) in [5.41, 5.74) is -0.237. The van der Waals surface area contributed by atoms with E-state index in [4.69, 9.17) is 0 Å². The van der Waals surface area contributed by atoms with Crippen molar-refractivity contribution in [1.82, 2.24) is 5.32 Å². The van der Waals surface area contributed by atoms with Crippen molar-refractivity contribution in [2.24, 2.45) is 0 Å². The van der Waals surface area contributed by atoms with Crippen LogP contribution in [0, 0.1) is 0 Å². The van der Waals surface area contributed by atoms with E-state index < -0.39 is 22.8 Å². The van der Waals surface area contributed by atoms with E-state index in [1.807, 2.05) is 5.32 Å². The van der Waals surface area contributed by atoms with Crippen LogP contribution in [-0.4, -0.2) is 11.1 Å². The number of allylic oxidation sites excluding steroid dienone is 5. The van der Waals surface area contributed by atoms with Gasteiger partial charge in [0, 0.05) is 12.0 Å². The largest absolute Gasteiger partial charge is 0.290 e. The Hall–Kier alpha value is -1.43. The number of halogens is 2. The van der Waals surface area contributed by atoms with Gasteiger partial charge in [0.1, 0.15) is 11.7 Å². The van der Waals surface area contributed by atoms with E-state index in [1.165, 1.54) is 6.08 Å². The molecule has 1 heterocycles. The van der Waals surface area contributed by atoms with Gasteiger partial charge in [-0.3, -0.25) is 14.9 Å². The zero-order valence-electron chi connectivity index (χ0n) is 8.05. The lowest BCUT2D eigenvalue weighted by atomic mass is 10.0. The molecule has 16 heavy (non-hydrogen) atoms. The summed E-state index contributed by atoms with van der Waals surface area (Å²) in [6, 6.07) is 0. The number of rotatable bonds is 1. The maximum absolute atomic E-state index is 13.3. The second-order valence-electron chi connectivity index (χ2n) is 3.26. The SMILES string of the molecule is O=C1NC(=O)/C(=C/C2=C(F)CCC=C2F)S1. The number of carbonyl (C=O) groups is 2. The van der Waals surface area contributed by atoms with E-state index in [1.54, 1.807) is 0 Å². The molecular formula is C10H7F2NO2S. The molecule has 84 valence electrons. The molecule has 2 rings (SSSR count). The first-order valence-corrected chi connectivity index (χ1v) is 5.39. The third-order valence-corrected chi connectivity index (χ3v) is 2.97. The van der Waals surface area contributed by atoms with Gasteiger partial charge < -0.3 is 0 Å². The summed E-state index contributed by atoms with van der Waals surface area (Å²) in [6.45, 7) is 0. The van der Waals surface area contributed by atoms with Crippen molar-refractivity contribution in [2.45, 2.75) is 12.8 Å². The van der Waals surface area contributed by atoms with Crippen molar-refractivity contribution < 1.29 is 18.4 Å². The topological polar surface area (TPSA) is 46.2 Å². The van der Waals surface area contributed by atoms with Crippen molar-refractivity contribution in [1.29, 1.82) is 0 Å². The molecule has 3 nitrogen and oxygen atoms in total. The summed E-state index contributed by atoms with van der Waals surface area (Å²) in [7, 11) is 0. The van der Waals surface area contributed by atoms with Gasteiger partial charge in [-0.05, 0) is 30.3 Å². The predicted molar refractivity (Wildman–Crippen MR) is 55.8 cm³/mol. The molecule has 0 atom stereocenters. The Labute approximate surface area is 94.3 Å². The van der Waals surface area contributed by atoms with E-state index in [0.29, 0.717) is 18.2 Å². The number of thioether (sulfide) groups is 1. The Kier molecular flexibility index (Phi) is 2.91. The van der Waals surface area contributed by atoms with Gasteiger partial charge >= 0.3 is 0 Å². The molecular weight excluding hydrogens is 236 g/mol. The quantitative estimate of drug-likeness (QED) is 0.720. The highest BCUT2D eigenvalue weighted by molar-refractivity contribution is 8.18. The molecule has 0 aromatic heterocycles. The summed E-state index contributed by atoms with van der Waals surface area (Å²) < 4.78 is 26.6. The lowest BCUT2D eigenvalue weighted by Crippen LogP contribution is -2.18. The lowest BCUT2D eigenvalue weighted by molar-refractivity contribution is -0.115. The third-order valence-electron chi connectivity index (χ3n) is 2.15. The first-order valence-electron chi connectivity index (χ1n) is 4.57. The number of amides is 2. The minimum absolute atomic E-state index is 0.0144. The number of hydrogen-bond acceptors (Lipinski definition) is 3. The molecule has 2 aliphatic rings. The zero-order chi connectivity index (χ0) is 11.7. The van der Waals surface area contributed by atoms with E-state index >= 15 is 0 Å². The van der Waals surface area contributed by atoms with Crippen molar-refractivity contribution >= 4 is 22.9 Å². The zero-order valence-corrected chi connectivity index (χ0v) is 8.87. The van der Waals surface area contributed by atoms with Gasteiger partial charge in [0.05, 0.1) is 4.91 Å². The number of carbonyl (C=O) groups excluding carboxylic acids is 2. The Morgan fingerprint density at radius 3 is 2.69 bits per heavy atom. The first kappa shape index (κ1) is 11.1. The highest BCUT2D eigenvalue weighted by Gasteiger charge is 2.26. The molecule has 1 N–H and O–H groups in total. The lowest BCUT2D eigenvalue weighted by Gasteiger charge is -2.08. The maximum atomic E-state index is 13.3. The molecule has 6 heteroatoms. The van der Waals surface area contributed by atoms with E-state index in [9.17, 15) is 18.4 Å². The number of hydrogen-bond donors (Lipinski definition) is 1. The van der Waals surface area contributed by atoms with Crippen LogP contribution in [0.1, 0.15) is 12.8 Å². The number of nitrogens with one attached hydrogen (secondary N) is 1. The summed E-state index contributed by atoms with van der Waals surface area (Å²) >= 11 is 0.638. The summed E-state index contributed by atoms with van der Waals surface area (Å²) in [4.78, 5) is 22.0. The standard InChI is InChI=1S/C10H7F2NO2S/c11-6-2-1-3-7(12)5(6)4-8-9(14)13-10(15)16-8/h2,4H,1,3H2,(H,13,14,15)/b8-4-. The van der Waals surface area contributed by atoms with Crippen LogP contribution in [0.4, 0.5) is 13.6 Å². The maximum Gasteiger partial charge on any atom is 0.290 e. The van der Waals surface area contributed by atoms with Gasteiger partial charge in [0.25, 0.3) is 11.1 Å². The molecule has 1 aliphatic carbocycles. The molecule has 0 spiro atoms. The Balaban J connectivity index is 2.33. The van der Waals surface area contributed by atoms with Gasteiger partial charge in [0.2, 0.25) is 0 Å². The Bertz CT molecular complexity index is 465. The van der Waals surface area contributed by atoms with Gasteiger partial charge in [-0.1, -0.05) is 0 Å². The highest BCUT2D eigenvalue weighted by Crippen LogP contribution is 2.32. The minimum atomic E-state index is -0.691. The van der Waals surface area contributed by atoms with Crippen molar-refractivity contribution in [2.75, 3.05) is 0 Å². The second kappa shape index (κ2) is 4.21. The smallest absolute Gasteiger partial charge is 0.282 e. The normalized spacial score (nSPS) is 23.9. The van der Waals surface area contributed by atoms with Crippen LogP contribution in [0.15, 0.2) is 34.3 Å². The highest BCUT2D eigenvalue weighted by atomic mass is 32.2. The van der Waals surface area contributed by atoms with Crippen LogP contribution in [0.5, 0.6) is 0 Å². The van der Waals surface area contributed by atoms with Crippen LogP contribution >= 0.6 is 11.8 Å². The Morgan fingerprint density at radius 1 is 1.38 bits per heavy atom. The monoisotopic (exact) mass is 243 g/mol. The van der Waals surface area contributed by atoms with Gasteiger partial charge in [0.15, 0.2) is 0 Å². The average Bonchev–Trinajstić information content (AvgIpc) is 2.51. The molecule has 0 aromatic rings. The molecule has 0 radical (unpaired) electrons.